The molecule has 1 saturated heterocycles. The van der Waals surface area contributed by atoms with E-state index in [0.717, 1.165) is 0 Å². The minimum atomic E-state index is -3.75. The van der Waals surface area contributed by atoms with Crippen LogP contribution in [0.25, 0.3) is 0 Å². The summed E-state index contributed by atoms with van der Waals surface area (Å²) in [6.45, 7) is 2.97. The Bertz CT molecular complexity index is 1020. The number of nitrogens with zero attached hydrogens (tertiary/aromatic N) is 1. The zero-order chi connectivity index (χ0) is 21.7. The van der Waals surface area contributed by atoms with Gasteiger partial charge in [-0.3, -0.25) is 14.3 Å². The number of hydrogen-bond acceptors (Lipinski definition) is 5. The van der Waals surface area contributed by atoms with Gasteiger partial charge in [0.05, 0.1) is 33.7 Å². The number of benzene rings is 2. The van der Waals surface area contributed by atoms with Gasteiger partial charge in [-0.15, -0.1) is 0 Å². The fourth-order valence-electron chi connectivity index (χ4n) is 3.31. The van der Waals surface area contributed by atoms with E-state index in [-0.39, 0.29) is 39.0 Å². The second-order valence-electron chi connectivity index (χ2n) is 6.93. The van der Waals surface area contributed by atoms with E-state index < -0.39 is 10.0 Å². The Kier molecular flexibility index (Phi) is 6.99. The number of nitrogens with one attached hydrogen (secondary N) is 1. The summed E-state index contributed by atoms with van der Waals surface area (Å²) < 4.78 is 32.4. The molecule has 0 atom stereocenters. The van der Waals surface area contributed by atoms with Crippen LogP contribution in [-0.2, 0) is 19.6 Å². The van der Waals surface area contributed by atoms with Gasteiger partial charge in [-0.2, -0.15) is 0 Å². The van der Waals surface area contributed by atoms with Crippen LogP contribution in [0.3, 0.4) is 0 Å². The molecule has 2 aromatic rings. The molecule has 1 heterocycles. The normalized spacial score (nSPS) is 14.9. The van der Waals surface area contributed by atoms with Crippen molar-refractivity contribution in [3.8, 4) is 0 Å². The molecule has 30 heavy (non-hydrogen) atoms. The van der Waals surface area contributed by atoms with Gasteiger partial charge in [-0.25, -0.2) is 8.42 Å². The molecule has 1 aliphatic rings. The molecule has 160 valence electrons. The maximum Gasteiger partial charge on any atom is 0.309 e. The quantitative estimate of drug-likeness (QED) is 0.679. The number of amides is 1. The Hall–Kier alpha value is -2.58. The molecular formula is C21H23ClN2O5S. The minimum Gasteiger partial charge on any atom is -0.466 e. The van der Waals surface area contributed by atoms with Gasteiger partial charge < -0.3 is 9.64 Å². The Balaban J connectivity index is 1.67. The molecule has 2 aromatic carbocycles. The lowest BCUT2D eigenvalue weighted by molar-refractivity contribution is -0.149. The summed E-state index contributed by atoms with van der Waals surface area (Å²) in [5.41, 5.74) is 0.551. The SMILES string of the molecule is CCOC(=O)C1CCN(C(=O)c2ccc(NS(=O)(=O)c3ccccc3)cc2Cl)CC1. The molecule has 0 spiro atoms. The largest absolute Gasteiger partial charge is 0.466 e. The van der Waals surface area contributed by atoms with Crippen molar-refractivity contribution < 1.29 is 22.7 Å². The molecule has 7 nitrogen and oxygen atoms in total. The van der Waals surface area contributed by atoms with E-state index in [4.69, 9.17) is 16.3 Å². The van der Waals surface area contributed by atoms with E-state index in [0.29, 0.717) is 32.5 Å². The maximum atomic E-state index is 12.8. The molecule has 3 rings (SSSR count). The molecule has 9 heteroatoms. The summed E-state index contributed by atoms with van der Waals surface area (Å²) in [4.78, 5) is 26.5. The molecule has 0 unspecified atom stereocenters. The van der Waals surface area contributed by atoms with Gasteiger partial charge in [-0.05, 0) is 50.1 Å². The van der Waals surface area contributed by atoms with Crippen LogP contribution in [0.15, 0.2) is 53.4 Å². The van der Waals surface area contributed by atoms with E-state index in [1.165, 1.54) is 30.3 Å². The summed E-state index contributed by atoms with van der Waals surface area (Å²) in [6, 6.07) is 12.4. The third-order valence-corrected chi connectivity index (χ3v) is 6.62. The Morgan fingerprint density at radius 1 is 1.13 bits per heavy atom. The number of esters is 1. The summed E-state index contributed by atoms with van der Waals surface area (Å²) in [7, 11) is -3.75. The van der Waals surface area contributed by atoms with Crippen LogP contribution in [0.4, 0.5) is 5.69 Å². The highest BCUT2D eigenvalue weighted by molar-refractivity contribution is 7.92. The Morgan fingerprint density at radius 3 is 2.40 bits per heavy atom. The van der Waals surface area contributed by atoms with E-state index >= 15 is 0 Å². The second kappa shape index (κ2) is 9.49. The van der Waals surface area contributed by atoms with E-state index in [1.54, 1.807) is 30.0 Å². The first-order chi connectivity index (χ1) is 14.3. The topological polar surface area (TPSA) is 92.8 Å². The zero-order valence-electron chi connectivity index (χ0n) is 16.5. The van der Waals surface area contributed by atoms with Crippen molar-refractivity contribution in [1.82, 2.24) is 4.90 Å². The lowest BCUT2D eigenvalue weighted by Crippen LogP contribution is -2.40. The molecule has 0 aliphatic carbocycles. The Labute approximate surface area is 181 Å². The number of halogens is 1. The first kappa shape index (κ1) is 22.1. The van der Waals surface area contributed by atoms with Crippen LogP contribution in [0, 0.1) is 5.92 Å². The molecule has 1 fully saturated rings. The minimum absolute atomic E-state index is 0.130. The summed E-state index contributed by atoms with van der Waals surface area (Å²) in [5.74, 6) is -0.670. The lowest BCUT2D eigenvalue weighted by Gasteiger charge is -2.31. The highest BCUT2D eigenvalue weighted by atomic mass is 35.5. The third kappa shape index (κ3) is 5.12. The van der Waals surface area contributed by atoms with Crippen LogP contribution < -0.4 is 4.72 Å². The number of hydrogen-bond donors (Lipinski definition) is 1. The summed E-state index contributed by atoms with van der Waals surface area (Å²) >= 11 is 6.28. The summed E-state index contributed by atoms with van der Waals surface area (Å²) in [6.07, 6.45) is 1.08. The van der Waals surface area contributed by atoms with Crippen LogP contribution in [0.1, 0.15) is 30.1 Å². The van der Waals surface area contributed by atoms with Crippen LogP contribution in [0.2, 0.25) is 5.02 Å². The smallest absolute Gasteiger partial charge is 0.309 e. The first-order valence-electron chi connectivity index (χ1n) is 9.65. The number of rotatable bonds is 6. The van der Waals surface area contributed by atoms with Crippen molar-refractivity contribution in [3.05, 3.63) is 59.1 Å². The standard InChI is InChI=1S/C21H23ClN2O5S/c1-2-29-21(26)15-10-12-24(13-11-15)20(25)18-9-8-16(14-19(18)22)23-30(27,28)17-6-4-3-5-7-17/h3-9,14-15,23H,2,10-13H2,1H3. The molecule has 1 aliphatic heterocycles. The maximum absolute atomic E-state index is 12.8. The van der Waals surface area contributed by atoms with Crippen molar-refractivity contribution >= 4 is 39.2 Å². The average molecular weight is 451 g/mol. The lowest BCUT2D eigenvalue weighted by atomic mass is 9.96. The third-order valence-electron chi connectivity index (χ3n) is 4.91. The van der Waals surface area contributed by atoms with Crippen molar-refractivity contribution in [2.75, 3.05) is 24.4 Å². The van der Waals surface area contributed by atoms with Crippen LogP contribution in [-0.4, -0.2) is 44.9 Å². The number of likely N-dealkylation sites (tertiary alicyclic amines) is 1. The molecule has 0 radical (unpaired) electrons. The van der Waals surface area contributed by atoms with Crippen LogP contribution in [0.5, 0.6) is 0 Å². The predicted molar refractivity (Wildman–Crippen MR) is 114 cm³/mol. The average Bonchev–Trinajstić information content (AvgIpc) is 2.74. The van der Waals surface area contributed by atoms with Gasteiger partial charge >= 0.3 is 5.97 Å². The molecule has 0 bridgehead atoms. The van der Waals surface area contributed by atoms with Crippen molar-refractivity contribution in [3.63, 3.8) is 0 Å². The van der Waals surface area contributed by atoms with Gasteiger partial charge in [0.2, 0.25) is 0 Å². The highest BCUT2D eigenvalue weighted by Crippen LogP contribution is 2.26. The van der Waals surface area contributed by atoms with E-state index in [2.05, 4.69) is 4.72 Å². The fourth-order valence-corrected chi connectivity index (χ4v) is 4.65. The number of sulfonamides is 1. The molecule has 1 N–H and O–H groups in total. The zero-order valence-corrected chi connectivity index (χ0v) is 18.1. The number of carbonyl (C=O) groups excluding carboxylic acids is 2. The second-order valence-corrected chi connectivity index (χ2v) is 9.02. The van der Waals surface area contributed by atoms with Crippen LogP contribution >= 0.6 is 11.6 Å². The molecule has 1 amide bonds. The summed E-state index contributed by atoms with van der Waals surface area (Å²) in [5, 5.41) is 0.153. The molecular weight excluding hydrogens is 428 g/mol. The van der Waals surface area contributed by atoms with Crippen molar-refractivity contribution in [1.29, 1.82) is 0 Å². The van der Waals surface area contributed by atoms with Gasteiger partial charge in [0, 0.05) is 13.1 Å². The molecule has 0 saturated carbocycles. The number of ether oxygens (including phenoxy) is 1. The van der Waals surface area contributed by atoms with Gasteiger partial charge in [0.15, 0.2) is 0 Å². The number of anilines is 1. The predicted octanol–water partition coefficient (Wildman–Crippen LogP) is 3.56. The number of piperidine rings is 1. The van der Waals surface area contributed by atoms with E-state index in [1.807, 2.05) is 0 Å². The number of carbonyl (C=O) groups is 2. The van der Waals surface area contributed by atoms with Crippen molar-refractivity contribution in [2.24, 2.45) is 5.92 Å². The Morgan fingerprint density at radius 2 is 1.80 bits per heavy atom. The van der Waals surface area contributed by atoms with E-state index in [9.17, 15) is 18.0 Å². The fraction of sp³-hybridized carbons (Fsp3) is 0.333. The molecule has 0 aromatic heterocycles. The van der Waals surface area contributed by atoms with Gasteiger partial charge in [0.1, 0.15) is 0 Å². The van der Waals surface area contributed by atoms with Crippen molar-refractivity contribution in [2.45, 2.75) is 24.7 Å². The monoisotopic (exact) mass is 450 g/mol. The first-order valence-corrected chi connectivity index (χ1v) is 11.5. The highest BCUT2D eigenvalue weighted by Gasteiger charge is 2.29. The van der Waals surface area contributed by atoms with Gasteiger partial charge in [0.25, 0.3) is 15.9 Å². The van der Waals surface area contributed by atoms with Gasteiger partial charge in [-0.1, -0.05) is 29.8 Å².